The number of para-hydroxylation sites is 1. The number of aromatic carboxylic acids is 1. The van der Waals surface area contributed by atoms with Crippen LogP contribution in [0.3, 0.4) is 0 Å². The zero-order valence-corrected chi connectivity index (χ0v) is 21.5. The van der Waals surface area contributed by atoms with Gasteiger partial charge in [-0.1, -0.05) is 109 Å². The molecule has 0 spiro atoms. The van der Waals surface area contributed by atoms with Gasteiger partial charge in [0.2, 0.25) is 0 Å². The molecule has 1 aromatic carbocycles. The van der Waals surface area contributed by atoms with Crippen molar-refractivity contribution in [3.05, 3.63) is 29.8 Å². The average Bonchev–Trinajstić information content (AvgIpc) is 2.73. The zero-order valence-electron chi connectivity index (χ0n) is 21.5. The van der Waals surface area contributed by atoms with E-state index in [4.69, 9.17) is 5.11 Å². The van der Waals surface area contributed by atoms with Crippen LogP contribution >= 0.6 is 0 Å². The first-order valence-corrected chi connectivity index (χ1v) is 13.1. The second kappa shape index (κ2) is 20.1. The molecule has 0 saturated carbocycles. The van der Waals surface area contributed by atoms with Gasteiger partial charge < -0.3 is 19.5 Å². The number of hydrogen-bond donors (Lipinski definition) is 1. The van der Waals surface area contributed by atoms with Gasteiger partial charge in [0.15, 0.2) is 0 Å². The highest BCUT2D eigenvalue weighted by Gasteiger charge is 2.05. The lowest BCUT2D eigenvalue weighted by atomic mass is 10.0. The normalized spacial score (nSPS) is 11.1. The number of aromatic hydroxyl groups is 1. The van der Waals surface area contributed by atoms with Crippen LogP contribution in [0.1, 0.15) is 120 Å². The van der Waals surface area contributed by atoms with Crippen LogP contribution in [0.25, 0.3) is 0 Å². The zero-order chi connectivity index (χ0) is 24.1. The van der Waals surface area contributed by atoms with Crippen LogP contribution < -0.4 is 5.11 Å². The van der Waals surface area contributed by atoms with Crippen LogP contribution in [-0.2, 0) is 0 Å². The summed E-state index contributed by atoms with van der Waals surface area (Å²) in [6.45, 7) is 3.63. The van der Waals surface area contributed by atoms with Gasteiger partial charge in [-0.15, -0.1) is 0 Å². The largest absolute Gasteiger partial charge is 0.545 e. The summed E-state index contributed by atoms with van der Waals surface area (Å²) in [5.41, 5.74) is -0.178. The van der Waals surface area contributed by atoms with Crippen molar-refractivity contribution < 1.29 is 19.5 Å². The van der Waals surface area contributed by atoms with Crippen LogP contribution in [-0.4, -0.2) is 43.2 Å². The molecule has 0 unspecified atom stereocenters. The Morgan fingerprint density at radius 3 is 1.41 bits per heavy atom. The van der Waals surface area contributed by atoms with Crippen molar-refractivity contribution in [1.82, 2.24) is 0 Å². The van der Waals surface area contributed by atoms with Crippen molar-refractivity contribution in [3.63, 3.8) is 0 Å². The predicted molar refractivity (Wildman–Crippen MR) is 135 cm³/mol. The number of phenols is 1. The number of carbonyl (C=O) groups excluding carboxylic acids is 1. The van der Waals surface area contributed by atoms with Crippen LogP contribution in [0.2, 0.25) is 0 Å². The van der Waals surface area contributed by atoms with E-state index >= 15 is 0 Å². The maximum atomic E-state index is 10.2. The van der Waals surface area contributed by atoms with Crippen molar-refractivity contribution in [3.8, 4) is 5.75 Å². The molecule has 0 aliphatic carbocycles. The Morgan fingerprint density at radius 2 is 1.09 bits per heavy atom. The lowest BCUT2D eigenvalue weighted by Gasteiger charge is -2.23. The molecule has 1 rings (SSSR count). The maximum absolute atomic E-state index is 10.2. The Bertz CT molecular complexity index is 566. The van der Waals surface area contributed by atoms with E-state index in [9.17, 15) is 9.90 Å². The van der Waals surface area contributed by atoms with Gasteiger partial charge >= 0.3 is 0 Å². The van der Waals surface area contributed by atoms with Crippen molar-refractivity contribution >= 4 is 5.97 Å². The first kappa shape index (κ1) is 30.4. The Labute approximate surface area is 198 Å². The van der Waals surface area contributed by atoms with E-state index in [0.29, 0.717) is 0 Å². The van der Waals surface area contributed by atoms with Gasteiger partial charge in [0.05, 0.1) is 33.7 Å². The predicted octanol–water partition coefficient (Wildman–Crippen LogP) is 6.71. The number of quaternary nitrogens is 1. The maximum Gasteiger partial charge on any atom is 0.124 e. The van der Waals surface area contributed by atoms with E-state index in [1.54, 1.807) is 6.07 Å². The molecule has 4 heteroatoms. The van der Waals surface area contributed by atoms with Gasteiger partial charge in [0.1, 0.15) is 5.75 Å². The number of benzene rings is 1. The van der Waals surface area contributed by atoms with E-state index < -0.39 is 5.97 Å². The van der Waals surface area contributed by atoms with Gasteiger partial charge in [0, 0.05) is 5.56 Å². The molecule has 1 N–H and O–H groups in total. The highest BCUT2D eigenvalue weighted by Crippen LogP contribution is 2.14. The monoisotopic (exact) mass is 449 g/mol. The van der Waals surface area contributed by atoms with Gasteiger partial charge in [-0.2, -0.15) is 0 Å². The fraction of sp³-hybridized carbons (Fsp3) is 0.750. The molecule has 0 radical (unpaired) electrons. The fourth-order valence-corrected chi connectivity index (χ4v) is 3.78. The van der Waals surface area contributed by atoms with Crippen molar-refractivity contribution in [2.45, 2.75) is 110 Å². The van der Waals surface area contributed by atoms with E-state index in [1.807, 2.05) is 0 Å². The fourth-order valence-electron chi connectivity index (χ4n) is 3.78. The minimum absolute atomic E-state index is 0.178. The molecule has 0 saturated heterocycles. The number of carboxylic acid groups (broad SMARTS) is 1. The summed E-state index contributed by atoms with van der Waals surface area (Å²) in [6, 6.07) is 5.64. The SMILES string of the molecule is CCCCCCCCCCCCCCCCCC[N+](C)(C)C.O=C([O-])c1ccccc1O. The average molecular weight is 450 g/mol. The molecule has 0 aromatic heterocycles. The Morgan fingerprint density at radius 1 is 0.719 bits per heavy atom. The Kier molecular flexibility index (Phi) is 19.1. The highest BCUT2D eigenvalue weighted by atomic mass is 16.4. The molecule has 0 amide bonds. The summed E-state index contributed by atoms with van der Waals surface area (Å²) < 4.78 is 1.12. The van der Waals surface area contributed by atoms with Crippen LogP contribution in [0, 0.1) is 0 Å². The number of carbonyl (C=O) groups is 1. The second-order valence-electron chi connectivity index (χ2n) is 10.1. The van der Waals surface area contributed by atoms with Crippen molar-refractivity contribution in [2.75, 3.05) is 27.7 Å². The highest BCUT2D eigenvalue weighted by molar-refractivity contribution is 5.88. The number of hydrogen-bond acceptors (Lipinski definition) is 3. The third-order valence-corrected chi connectivity index (χ3v) is 5.81. The third kappa shape index (κ3) is 20.4. The molecule has 186 valence electrons. The smallest absolute Gasteiger partial charge is 0.124 e. The summed E-state index contributed by atoms with van der Waals surface area (Å²) >= 11 is 0. The molecule has 0 heterocycles. The van der Waals surface area contributed by atoms with Crippen molar-refractivity contribution in [1.29, 1.82) is 0 Å². The Hall–Kier alpha value is -1.55. The Balaban J connectivity index is 0.000000792. The summed E-state index contributed by atoms with van der Waals surface area (Å²) in [4.78, 5) is 10.2. The van der Waals surface area contributed by atoms with Gasteiger partial charge in [-0.25, -0.2) is 0 Å². The standard InChI is InChI=1S/C21H46N.C7H6O3/c1-5-6-7-8-9-10-11-12-13-14-15-16-17-18-19-20-21-22(2,3)4;8-6-4-2-1-3-5(6)7(9)10/h5-21H2,1-4H3;1-4,8H,(H,9,10)/q+1;/p-1. The van der Waals surface area contributed by atoms with Gasteiger partial charge in [-0.05, 0) is 25.0 Å². The quantitative estimate of drug-likeness (QED) is 0.200. The number of carboxylic acids is 1. The molecular formula is C28H51NO3. The van der Waals surface area contributed by atoms with Crippen LogP contribution in [0.15, 0.2) is 24.3 Å². The van der Waals surface area contributed by atoms with Crippen LogP contribution in [0.5, 0.6) is 5.75 Å². The number of unbranched alkanes of at least 4 members (excludes halogenated alkanes) is 15. The van der Waals surface area contributed by atoms with E-state index in [2.05, 4.69) is 28.1 Å². The molecule has 0 bridgehead atoms. The van der Waals surface area contributed by atoms with E-state index in [0.717, 1.165) is 4.48 Å². The third-order valence-electron chi connectivity index (χ3n) is 5.81. The topological polar surface area (TPSA) is 60.4 Å². The summed E-state index contributed by atoms with van der Waals surface area (Å²) in [5, 5.41) is 19.0. The molecule has 0 atom stereocenters. The molecular weight excluding hydrogens is 398 g/mol. The van der Waals surface area contributed by atoms with E-state index in [1.165, 1.54) is 127 Å². The lowest BCUT2D eigenvalue weighted by molar-refractivity contribution is -0.870. The number of nitrogens with zero attached hydrogens (tertiary/aromatic N) is 1. The molecule has 0 aliphatic heterocycles. The van der Waals surface area contributed by atoms with Gasteiger partial charge in [0.25, 0.3) is 0 Å². The summed E-state index contributed by atoms with van der Waals surface area (Å²) in [5.74, 6) is -1.62. The van der Waals surface area contributed by atoms with Crippen molar-refractivity contribution in [2.24, 2.45) is 0 Å². The number of rotatable bonds is 18. The second-order valence-corrected chi connectivity index (χ2v) is 10.1. The van der Waals surface area contributed by atoms with E-state index in [-0.39, 0.29) is 11.3 Å². The first-order chi connectivity index (χ1) is 15.3. The minimum atomic E-state index is -1.36. The molecule has 4 nitrogen and oxygen atoms in total. The van der Waals surface area contributed by atoms with Crippen LogP contribution in [0.4, 0.5) is 0 Å². The lowest BCUT2D eigenvalue weighted by Crippen LogP contribution is -2.35. The molecule has 1 aromatic rings. The first-order valence-electron chi connectivity index (χ1n) is 13.1. The minimum Gasteiger partial charge on any atom is -0.545 e. The molecule has 0 aliphatic rings. The molecule has 0 fully saturated rings. The van der Waals surface area contributed by atoms with Gasteiger partial charge in [-0.3, -0.25) is 0 Å². The molecule has 32 heavy (non-hydrogen) atoms. The summed E-state index contributed by atoms with van der Waals surface area (Å²) in [7, 11) is 6.89. The summed E-state index contributed by atoms with van der Waals surface area (Å²) in [6.07, 6.45) is 23.4.